The molecule has 6 heterocycles. The number of rotatable bonds is 6. The third kappa shape index (κ3) is 8.43. The number of nitrogens with zero attached hydrogens (tertiary/aromatic N) is 6. The molecule has 13 heteroatoms. The summed E-state index contributed by atoms with van der Waals surface area (Å²) in [5.74, 6) is 1.71. The van der Waals surface area contributed by atoms with E-state index in [-0.39, 0.29) is 0 Å². The van der Waals surface area contributed by atoms with Crippen LogP contribution in [0.2, 0.25) is 0 Å². The molecule has 0 unspecified atom stereocenters. The lowest BCUT2D eigenvalue weighted by molar-refractivity contribution is -0.137. The van der Waals surface area contributed by atoms with Gasteiger partial charge in [-0.3, -0.25) is 0 Å². The van der Waals surface area contributed by atoms with Gasteiger partial charge in [0.15, 0.2) is 0 Å². The second kappa shape index (κ2) is 15.6. The molecule has 2 saturated heterocycles. The number of likely N-dealkylation sites (N-methyl/N-ethyl adjacent to an activating group) is 2. The average Bonchev–Trinajstić information content (AvgIpc) is 3.83. The number of nitrogen functional groups attached to an aromatic ring is 1. The number of H-pyrrole nitrogens is 2. The van der Waals surface area contributed by atoms with Gasteiger partial charge < -0.3 is 40.6 Å². The van der Waals surface area contributed by atoms with E-state index in [1.807, 2.05) is 42.6 Å². The predicted molar refractivity (Wildman–Crippen MR) is 222 cm³/mol. The summed E-state index contributed by atoms with van der Waals surface area (Å²) in [6, 6.07) is 29.8. The summed E-state index contributed by atoms with van der Waals surface area (Å²) in [6.07, 6.45) is -0.683. The monoisotopic (exact) mass is 758 g/mol. The second-order valence-electron chi connectivity index (χ2n) is 14.6. The van der Waals surface area contributed by atoms with Crippen molar-refractivity contribution in [2.24, 2.45) is 0 Å². The predicted octanol–water partition coefficient (Wildman–Crippen LogP) is 8.31. The first-order valence-corrected chi connectivity index (χ1v) is 18.8. The van der Waals surface area contributed by atoms with Crippen molar-refractivity contribution in [3.63, 3.8) is 0 Å². The fraction of sp³-hybridized carbons (Fsp3) is 0.256. The number of hydrogen-bond acceptors (Lipinski definition) is 8. The minimum atomic E-state index is -4.35. The number of halogens is 3. The van der Waals surface area contributed by atoms with Gasteiger partial charge in [0.25, 0.3) is 0 Å². The van der Waals surface area contributed by atoms with Gasteiger partial charge in [-0.05, 0) is 85.9 Å². The maximum absolute atomic E-state index is 12.9. The summed E-state index contributed by atoms with van der Waals surface area (Å²) >= 11 is 0. The fourth-order valence-corrected chi connectivity index (χ4v) is 7.17. The van der Waals surface area contributed by atoms with Gasteiger partial charge in [0.05, 0.1) is 16.6 Å². The van der Waals surface area contributed by atoms with E-state index in [0.29, 0.717) is 11.3 Å². The number of benzene rings is 3. The number of aromatic amines is 2. The zero-order chi connectivity index (χ0) is 38.8. The standard InChI is InChI=1S/C24H26N6.C19H19F3N4/c1-29-9-11-30(12-10-29)21-7-5-20(6-8-21)27-24-15-23-18(16-26-24)14-22(28-23)17-3-2-4-19(25)13-17;1-25-5-7-26(8-6-25)18-11-17-14(12-23-18)10-16(24-17)13-3-2-4-15(9-13)19(20,21)22/h2-8,13-16,28H,9-12,25H2,1H3,(H,26,27);2-4,9-12,24H,5-8H2,1H3. The van der Waals surface area contributed by atoms with Crippen LogP contribution in [0.5, 0.6) is 0 Å². The Morgan fingerprint density at radius 1 is 0.625 bits per heavy atom. The number of aromatic nitrogens is 4. The fourth-order valence-electron chi connectivity index (χ4n) is 7.17. The zero-order valence-electron chi connectivity index (χ0n) is 31.4. The van der Waals surface area contributed by atoms with E-state index in [1.54, 1.807) is 12.3 Å². The minimum absolute atomic E-state index is 0.511. The summed E-state index contributed by atoms with van der Waals surface area (Å²) in [7, 11) is 4.27. The van der Waals surface area contributed by atoms with Crippen molar-refractivity contribution in [3.8, 4) is 22.5 Å². The third-order valence-electron chi connectivity index (χ3n) is 10.5. The minimum Gasteiger partial charge on any atom is -0.399 e. The molecular weight excluding hydrogens is 714 g/mol. The quantitative estimate of drug-likeness (QED) is 0.126. The van der Waals surface area contributed by atoms with Crippen LogP contribution in [-0.2, 0) is 6.18 Å². The van der Waals surface area contributed by atoms with Crippen molar-refractivity contribution < 1.29 is 13.2 Å². The third-order valence-corrected chi connectivity index (χ3v) is 10.5. The number of pyridine rings is 2. The van der Waals surface area contributed by atoms with Crippen molar-refractivity contribution in [1.29, 1.82) is 0 Å². The van der Waals surface area contributed by atoms with Crippen LogP contribution in [0, 0.1) is 0 Å². The summed E-state index contributed by atoms with van der Waals surface area (Å²) < 4.78 is 38.8. The topological polar surface area (TPSA) is 108 Å². The molecule has 3 aromatic carbocycles. The molecule has 0 bridgehead atoms. The van der Waals surface area contributed by atoms with E-state index in [2.05, 4.69) is 95.3 Å². The number of hydrogen-bond donors (Lipinski definition) is 4. The molecule has 10 nitrogen and oxygen atoms in total. The number of anilines is 5. The van der Waals surface area contributed by atoms with Gasteiger partial charge in [0.2, 0.25) is 0 Å². The summed E-state index contributed by atoms with van der Waals surface area (Å²) in [6.45, 7) is 8.16. The maximum Gasteiger partial charge on any atom is 0.416 e. The molecule has 2 fully saturated rings. The van der Waals surface area contributed by atoms with Gasteiger partial charge in [-0.1, -0.05) is 24.3 Å². The summed E-state index contributed by atoms with van der Waals surface area (Å²) in [5.41, 5.74) is 13.5. The maximum atomic E-state index is 12.9. The first-order valence-electron chi connectivity index (χ1n) is 18.8. The van der Waals surface area contributed by atoms with Crippen LogP contribution < -0.4 is 20.9 Å². The molecule has 5 N–H and O–H groups in total. The molecule has 0 radical (unpaired) electrons. The lowest BCUT2D eigenvalue weighted by Gasteiger charge is -2.34. The van der Waals surface area contributed by atoms with Gasteiger partial charge in [-0.2, -0.15) is 13.2 Å². The molecule has 0 atom stereocenters. The Bertz CT molecular complexity index is 2420. The summed E-state index contributed by atoms with van der Waals surface area (Å²) in [4.78, 5) is 25.1. The molecule has 0 amide bonds. The van der Waals surface area contributed by atoms with Crippen molar-refractivity contribution in [2.75, 3.05) is 87.3 Å². The van der Waals surface area contributed by atoms with Crippen molar-refractivity contribution in [1.82, 2.24) is 29.7 Å². The SMILES string of the molecule is CN1CCN(c2cc3[nH]c(-c4cccc(C(F)(F)F)c4)cc3cn2)CC1.CN1CCN(c2ccc(Nc3cc4[nH]c(-c5cccc(N)c5)cc4cn3)cc2)CC1. The highest BCUT2D eigenvalue weighted by Crippen LogP contribution is 2.33. The van der Waals surface area contributed by atoms with E-state index in [9.17, 15) is 13.2 Å². The van der Waals surface area contributed by atoms with Crippen molar-refractivity contribution in [2.45, 2.75) is 6.18 Å². The summed E-state index contributed by atoms with van der Waals surface area (Å²) in [5, 5.41) is 5.37. The second-order valence-corrected chi connectivity index (χ2v) is 14.6. The Kier molecular flexibility index (Phi) is 10.3. The molecular formula is C43H45F3N10. The van der Waals surface area contributed by atoms with Gasteiger partial charge >= 0.3 is 6.18 Å². The van der Waals surface area contributed by atoms with Crippen LogP contribution in [0.4, 0.5) is 41.9 Å². The normalized spacial score (nSPS) is 15.6. The molecule has 4 aromatic heterocycles. The number of nitrogens with one attached hydrogen (secondary N) is 3. The number of fused-ring (bicyclic) bond motifs is 2. The molecule has 9 rings (SSSR count). The highest BCUT2D eigenvalue weighted by atomic mass is 19.4. The van der Waals surface area contributed by atoms with Crippen LogP contribution in [-0.4, -0.2) is 96.2 Å². The molecule has 0 aliphatic carbocycles. The first kappa shape index (κ1) is 36.9. The lowest BCUT2D eigenvalue weighted by Crippen LogP contribution is -2.44. The Morgan fingerprint density at radius 3 is 1.82 bits per heavy atom. The Labute approximate surface area is 323 Å². The van der Waals surface area contributed by atoms with Crippen LogP contribution >= 0.6 is 0 Å². The van der Waals surface area contributed by atoms with E-state index in [0.717, 1.165) is 114 Å². The Morgan fingerprint density at radius 2 is 1.20 bits per heavy atom. The molecule has 2 aliphatic heterocycles. The van der Waals surface area contributed by atoms with Gasteiger partial charge in [0.1, 0.15) is 11.6 Å². The van der Waals surface area contributed by atoms with E-state index >= 15 is 0 Å². The van der Waals surface area contributed by atoms with E-state index < -0.39 is 11.7 Å². The lowest BCUT2D eigenvalue weighted by atomic mass is 10.1. The Hall–Kier alpha value is -6.05. The van der Waals surface area contributed by atoms with Crippen LogP contribution in [0.3, 0.4) is 0 Å². The zero-order valence-corrected chi connectivity index (χ0v) is 31.4. The van der Waals surface area contributed by atoms with Gasteiger partial charge in [0, 0.05) is 116 Å². The average molecular weight is 759 g/mol. The smallest absolute Gasteiger partial charge is 0.399 e. The van der Waals surface area contributed by atoms with E-state index in [1.165, 1.54) is 17.8 Å². The van der Waals surface area contributed by atoms with Gasteiger partial charge in [-0.15, -0.1) is 0 Å². The highest BCUT2D eigenvalue weighted by Gasteiger charge is 2.30. The first-order chi connectivity index (χ1) is 27.0. The van der Waals surface area contributed by atoms with Crippen LogP contribution in [0.25, 0.3) is 44.3 Å². The molecule has 56 heavy (non-hydrogen) atoms. The van der Waals surface area contributed by atoms with Crippen molar-refractivity contribution in [3.05, 3.63) is 115 Å². The molecule has 7 aromatic rings. The van der Waals surface area contributed by atoms with Crippen LogP contribution in [0.1, 0.15) is 5.56 Å². The number of piperazine rings is 2. The number of alkyl halides is 3. The molecule has 0 spiro atoms. The van der Waals surface area contributed by atoms with E-state index in [4.69, 9.17) is 5.73 Å². The Balaban J connectivity index is 0.000000159. The molecule has 0 saturated carbocycles. The van der Waals surface area contributed by atoms with Gasteiger partial charge in [-0.25, -0.2) is 9.97 Å². The van der Waals surface area contributed by atoms with Crippen LogP contribution in [0.15, 0.2) is 109 Å². The molecule has 2 aliphatic rings. The number of nitrogens with two attached hydrogens (primary N) is 1. The highest BCUT2D eigenvalue weighted by molar-refractivity contribution is 5.88. The van der Waals surface area contributed by atoms with Crippen molar-refractivity contribution >= 4 is 50.5 Å². The molecule has 288 valence electrons. The largest absolute Gasteiger partial charge is 0.416 e.